The number of hydrogen-bond donors (Lipinski definition) is 0. The molecule has 1 heterocycles. The van der Waals surface area contributed by atoms with Gasteiger partial charge in [0.2, 0.25) is 5.88 Å². The summed E-state index contributed by atoms with van der Waals surface area (Å²) in [4.78, 5) is 0. The van der Waals surface area contributed by atoms with Crippen LogP contribution >= 0.6 is 0 Å². The van der Waals surface area contributed by atoms with Gasteiger partial charge in [-0.05, 0) is 12.3 Å². The van der Waals surface area contributed by atoms with Crippen LogP contribution in [0, 0.1) is 5.41 Å². The number of aromatic nitrogens is 2. The van der Waals surface area contributed by atoms with Gasteiger partial charge in [-0.25, -0.2) is 0 Å². The van der Waals surface area contributed by atoms with E-state index in [9.17, 15) is 0 Å². The molecule has 1 aromatic heterocycles. The fourth-order valence-corrected chi connectivity index (χ4v) is 0.887. The molecule has 0 aliphatic heterocycles. The Hall–Kier alpha value is -0.990. The molecule has 0 aliphatic carbocycles. The maximum atomic E-state index is 5.52. The summed E-state index contributed by atoms with van der Waals surface area (Å²) >= 11 is 0. The Kier molecular flexibility index (Phi) is 2.96. The Morgan fingerprint density at radius 3 is 2.62 bits per heavy atom. The van der Waals surface area contributed by atoms with Gasteiger partial charge in [-0.3, -0.25) is 4.68 Å². The van der Waals surface area contributed by atoms with Crippen LogP contribution in [0.1, 0.15) is 27.7 Å². The molecule has 1 aromatic rings. The molecule has 0 saturated carbocycles. The molecule has 0 atom stereocenters. The Bertz CT molecular complexity index is 260. The van der Waals surface area contributed by atoms with E-state index in [1.807, 2.05) is 16.9 Å². The molecule has 0 spiro atoms. The van der Waals surface area contributed by atoms with E-state index in [-0.39, 0.29) is 5.41 Å². The third kappa shape index (κ3) is 3.49. The molecule has 1 rings (SSSR count). The summed E-state index contributed by atoms with van der Waals surface area (Å²) in [5.74, 6) is 0.719. The van der Waals surface area contributed by atoms with Gasteiger partial charge in [0.15, 0.2) is 0 Å². The van der Waals surface area contributed by atoms with Gasteiger partial charge in [-0.15, -0.1) is 5.10 Å². The first-order valence-corrected chi connectivity index (χ1v) is 4.67. The molecule has 0 unspecified atom stereocenters. The van der Waals surface area contributed by atoms with Crippen LogP contribution < -0.4 is 4.74 Å². The van der Waals surface area contributed by atoms with Gasteiger partial charge in [-0.2, -0.15) is 0 Å². The molecule has 0 fully saturated rings. The van der Waals surface area contributed by atoms with Gasteiger partial charge < -0.3 is 4.74 Å². The SMILES string of the molecule is CCn1ccc(OCC(C)(C)C)n1. The predicted molar refractivity (Wildman–Crippen MR) is 52.9 cm³/mol. The Balaban J connectivity index is 2.46. The summed E-state index contributed by atoms with van der Waals surface area (Å²) in [6.07, 6.45) is 1.93. The van der Waals surface area contributed by atoms with Crippen LogP contribution in [0.25, 0.3) is 0 Å². The first-order valence-electron chi connectivity index (χ1n) is 4.67. The van der Waals surface area contributed by atoms with E-state index >= 15 is 0 Å². The molecule has 13 heavy (non-hydrogen) atoms. The van der Waals surface area contributed by atoms with Crippen molar-refractivity contribution in [2.24, 2.45) is 5.41 Å². The second-order valence-corrected chi connectivity index (χ2v) is 4.36. The van der Waals surface area contributed by atoms with Crippen molar-refractivity contribution in [3.8, 4) is 5.88 Å². The van der Waals surface area contributed by atoms with Crippen LogP contribution in [-0.2, 0) is 6.54 Å². The topological polar surface area (TPSA) is 27.1 Å². The average Bonchev–Trinajstić information content (AvgIpc) is 2.47. The molecular weight excluding hydrogens is 164 g/mol. The van der Waals surface area contributed by atoms with Gasteiger partial charge in [0.05, 0.1) is 6.61 Å². The zero-order valence-electron chi connectivity index (χ0n) is 8.87. The number of rotatable bonds is 3. The van der Waals surface area contributed by atoms with Crippen molar-refractivity contribution >= 4 is 0 Å². The fourth-order valence-electron chi connectivity index (χ4n) is 0.887. The zero-order chi connectivity index (χ0) is 9.90. The third-order valence-electron chi connectivity index (χ3n) is 1.59. The van der Waals surface area contributed by atoms with Crippen LogP contribution in [0.3, 0.4) is 0 Å². The average molecular weight is 182 g/mol. The highest BCUT2D eigenvalue weighted by Gasteiger charge is 2.11. The molecule has 0 aromatic carbocycles. The van der Waals surface area contributed by atoms with E-state index in [0.29, 0.717) is 6.61 Å². The standard InChI is InChI=1S/C10H18N2O/c1-5-12-7-6-9(11-12)13-8-10(2,3)4/h6-7H,5,8H2,1-4H3. The largest absolute Gasteiger partial charge is 0.476 e. The first kappa shape index (κ1) is 10.1. The lowest BCUT2D eigenvalue weighted by Crippen LogP contribution is -2.17. The van der Waals surface area contributed by atoms with Crippen molar-refractivity contribution in [3.63, 3.8) is 0 Å². The van der Waals surface area contributed by atoms with E-state index in [2.05, 4.69) is 32.8 Å². The van der Waals surface area contributed by atoms with E-state index in [4.69, 9.17) is 4.74 Å². The number of aryl methyl sites for hydroxylation is 1. The third-order valence-corrected chi connectivity index (χ3v) is 1.59. The second-order valence-electron chi connectivity index (χ2n) is 4.36. The molecule has 0 radical (unpaired) electrons. The molecule has 0 saturated heterocycles. The molecule has 3 nitrogen and oxygen atoms in total. The lowest BCUT2D eigenvalue weighted by atomic mass is 9.99. The van der Waals surface area contributed by atoms with Gasteiger partial charge in [0.25, 0.3) is 0 Å². The van der Waals surface area contributed by atoms with Crippen molar-refractivity contribution in [3.05, 3.63) is 12.3 Å². The Morgan fingerprint density at radius 2 is 2.15 bits per heavy atom. The molecule has 0 N–H and O–H groups in total. The van der Waals surface area contributed by atoms with E-state index in [1.165, 1.54) is 0 Å². The normalized spacial score (nSPS) is 11.7. The van der Waals surface area contributed by atoms with E-state index in [0.717, 1.165) is 12.4 Å². The summed E-state index contributed by atoms with van der Waals surface area (Å²) in [5.41, 5.74) is 0.190. The van der Waals surface area contributed by atoms with Crippen LogP contribution in [0.4, 0.5) is 0 Å². The smallest absolute Gasteiger partial charge is 0.232 e. The van der Waals surface area contributed by atoms with Gasteiger partial charge in [-0.1, -0.05) is 20.8 Å². The highest BCUT2D eigenvalue weighted by molar-refractivity contribution is 5.05. The predicted octanol–water partition coefficient (Wildman–Crippen LogP) is 2.33. The highest BCUT2D eigenvalue weighted by atomic mass is 16.5. The number of hydrogen-bond acceptors (Lipinski definition) is 2. The van der Waals surface area contributed by atoms with Crippen molar-refractivity contribution in [2.45, 2.75) is 34.2 Å². The van der Waals surface area contributed by atoms with Gasteiger partial charge in [0.1, 0.15) is 0 Å². The van der Waals surface area contributed by atoms with Crippen molar-refractivity contribution in [1.29, 1.82) is 0 Å². The molecular formula is C10H18N2O. The summed E-state index contributed by atoms with van der Waals surface area (Å²) in [7, 11) is 0. The van der Waals surface area contributed by atoms with Crippen LogP contribution in [0.2, 0.25) is 0 Å². The fraction of sp³-hybridized carbons (Fsp3) is 0.700. The van der Waals surface area contributed by atoms with E-state index in [1.54, 1.807) is 0 Å². The van der Waals surface area contributed by atoms with Crippen molar-refractivity contribution < 1.29 is 4.74 Å². The molecule has 3 heteroatoms. The summed E-state index contributed by atoms with van der Waals surface area (Å²) in [6, 6.07) is 1.90. The number of nitrogens with zero attached hydrogens (tertiary/aromatic N) is 2. The molecule has 0 amide bonds. The first-order chi connectivity index (χ1) is 6.01. The summed E-state index contributed by atoms with van der Waals surface area (Å²) in [6.45, 7) is 10.1. The zero-order valence-corrected chi connectivity index (χ0v) is 8.87. The minimum Gasteiger partial charge on any atom is -0.476 e. The van der Waals surface area contributed by atoms with Crippen LogP contribution in [0.15, 0.2) is 12.3 Å². The maximum Gasteiger partial charge on any atom is 0.232 e. The Morgan fingerprint density at radius 1 is 1.46 bits per heavy atom. The van der Waals surface area contributed by atoms with E-state index < -0.39 is 0 Å². The van der Waals surface area contributed by atoms with Crippen LogP contribution in [0.5, 0.6) is 5.88 Å². The highest BCUT2D eigenvalue weighted by Crippen LogP contribution is 2.15. The van der Waals surface area contributed by atoms with Crippen molar-refractivity contribution in [1.82, 2.24) is 9.78 Å². The molecule has 0 aliphatic rings. The monoisotopic (exact) mass is 182 g/mol. The summed E-state index contributed by atoms with van der Waals surface area (Å²) in [5, 5.41) is 4.23. The Labute approximate surface area is 79.7 Å². The van der Waals surface area contributed by atoms with Gasteiger partial charge in [0, 0.05) is 18.8 Å². The minimum absolute atomic E-state index is 0.190. The van der Waals surface area contributed by atoms with Crippen molar-refractivity contribution in [2.75, 3.05) is 6.61 Å². The maximum absolute atomic E-state index is 5.52. The van der Waals surface area contributed by atoms with Gasteiger partial charge >= 0.3 is 0 Å². The van der Waals surface area contributed by atoms with Crippen LogP contribution in [-0.4, -0.2) is 16.4 Å². The summed E-state index contributed by atoms with van der Waals surface area (Å²) < 4.78 is 7.38. The number of ether oxygens (including phenoxy) is 1. The molecule has 0 bridgehead atoms. The quantitative estimate of drug-likeness (QED) is 0.717. The lowest BCUT2D eigenvalue weighted by Gasteiger charge is -2.17. The second kappa shape index (κ2) is 3.81. The lowest BCUT2D eigenvalue weighted by molar-refractivity contribution is 0.190. The molecule has 74 valence electrons. The minimum atomic E-state index is 0.190.